The van der Waals surface area contributed by atoms with Crippen LogP contribution in [0, 0.1) is 0 Å². The molecule has 3 N–H and O–H groups in total. The van der Waals surface area contributed by atoms with Crippen molar-refractivity contribution < 1.29 is 14.4 Å². The lowest BCUT2D eigenvalue weighted by atomic mass is 10.1. The van der Waals surface area contributed by atoms with E-state index in [0.717, 1.165) is 11.3 Å². The van der Waals surface area contributed by atoms with Crippen LogP contribution < -0.4 is 11.1 Å². The first kappa shape index (κ1) is 15.2. The number of hydrogen-bond acceptors (Lipinski definition) is 4. The molecule has 0 fully saturated rings. The van der Waals surface area contributed by atoms with Gasteiger partial charge < -0.3 is 11.1 Å². The number of nitrogens with zero attached hydrogens (tertiary/aromatic N) is 1. The van der Waals surface area contributed by atoms with Crippen LogP contribution in [0.2, 0.25) is 0 Å². The average Bonchev–Trinajstić information content (AvgIpc) is 2.73. The van der Waals surface area contributed by atoms with Gasteiger partial charge in [0.2, 0.25) is 5.91 Å². The third-order valence-electron chi connectivity index (χ3n) is 3.45. The first-order valence-corrected chi connectivity index (χ1v) is 7.04. The summed E-state index contributed by atoms with van der Waals surface area (Å²) in [5.74, 6) is -0.890. The summed E-state index contributed by atoms with van der Waals surface area (Å²) in [6.07, 6.45) is 1.44. The van der Waals surface area contributed by atoms with Gasteiger partial charge in [-0.25, -0.2) is 0 Å². The number of hydrogen-bond donors (Lipinski definition) is 2. The number of carbonyl (C=O) groups excluding carboxylic acids is 3. The number of fused-ring (bicyclic) bond motifs is 1. The van der Waals surface area contributed by atoms with Gasteiger partial charge in [-0.2, -0.15) is 0 Å². The second-order valence-electron chi connectivity index (χ2n) is 4.99. The molecule has 2 rings (SSSR count). The summed E-state index contributed by atoms with van der Waals surface area (Å²) in [5.41, 5.74) is 6.51. The molecule has 6 nitrogen and oxygen atoms in total. The molecular weight excluding hydrogens is 270 g/mol. The van der Waals surface area contributed by atoms with Gasteiger partial charge >= 0.3 is 0 Å². The highest BCUT2D eigenvalue weighted by Gasteiger charge is 2.34. The smallest absolute Gasteiger partial charge is 0.261 e. The quantitative estimate of drug-likeness (QED) is 0.747. The van der Waals surface area contributed by atoms with E-state index in [4.69, 9.17) is 5.73 Å². The molecule has 0 saturated carbocycles. The largest absolute Gasteiger partial charge is 0.353 e. The molecule has 1 aromatic rings. The highest BCUT2D eigenvalue weighted by molar-refractivity contribution is 6.21. The molecular formula is C15H19N3O3. The zero-order valence-electron chi connectivity index (χ0n) is 12.0. The lowest BCUT2D eigenvalue weighted by Crippen LogP contribution is -2.44. The molecule has 112 valence electrons. The molecule has 0 bridgehead atoms. The molecule has 0 spiro atoms. The Bertz CT molecular complexity index is 536. The summed E-state index contributed by atoms with van der Waals surface area (Å²) in [6, 6.07) is 6.16. The molecule has 3 amide bonds. The summed E-state index contributed by atoms with van der Waals surface area (Å²) in [7, 11) is 0. The van der Waals surface area contributed by atoms with E-state index in [1.165, 1.54) is 0 Å². The SMILES string of the molecule is CCCC(N)C(=O)NCCN1C(=O)c2ccccc2C1=O. The van der Waals surface area contributed by atoms with Gasteiger partial charge in [0.15, 0.2) is 0 Å². The lowest BCUT2D eigenvalue weighted by Gasteiger charge is -2.16. The van der Waals surface area contributed by atoms with Crippen molar-refractivity contribution in [3.05, 3.63) is 35.4 Å². The standard InChI is InChI=1S/C15H19N3O3/c1-2-5-12(16)13(19)17-8-9-18-14(20)10-6-3-4-7-11(10)15(18)21/h3-4,6-7,12H,2,5,8-9,16H2,1H3,(H,17,19). The number of nitrogens with two attached hydrogens (primary N) is 1. The predicted octanol–water partition coefficient (Wildman–Crippen LogP) is 0.526. The van der Waals surface area contributed by atoms with Crippen molar-refractivity contribution in [1.29, 1.82) is 0 Å². The number of carbonyl (C=O) groups is 3. The molecule has 0 aliphatic carbocycles. The summed E-state index contributed by atoms with van der Waals surface area (Å²) < 4.78 is 0. The first-order chi connectivity index (χ1) is 10.1. The van der Waals surface area contributed by atoms with Crippen molar-refractivity contribution in [3.8, 4) is 0 Å². The number of benzene rings is 1. The number of nitrogens with one attached hydrogen (secondary N) is 1. The molecule has 1 heterocycles. The molecule has 0 saturated heterocycles. The van der Waals surface area contributed by atoms with Crippen LogP contribution in [0.15, 0.2) is 24.3 Å². The van der Waals surface area contributed by atoms with Crippen LogP contribution in [-0.2, 0) is 4.79 Å². The highest BCUT2D eigenvalue weighted by Crippen LogP contribution is 2.21. The van der Waals surface area contributed by atoms with E-state index in [9.17, 15) is 14.4 Å². The van der Waals surface area contributed by atoms with Crippen molar-refractivity contribution in [3.63, 3.8) is 0 Å². The zero-order valence-corrected chi connectivity index (χ0v) is 12.0. The van der Waals surface area contributed by atoms with Crippen LogP contribution in [0.1, 0.15) is 40.5 Å². The monoisotopic (exact) mass is 289 g/mol. The Labute approximate surface area is 123 Å². The minimum Gasteiger partial charge on any atom is -0.353 e. The van der Waals surface area contributed by atoms with E-state index in [0.29, 0.717) is 17.5 Å². The first-order valence-electron chi connectivity index (χ1n) is 7.04. The fourth-order valence-electron chi connectivity index (χ4n) is 2.31. The molecule has 0 radical (unpaired) electrons. The molecule has 1 aliphatic heterocycles. The van der Waals surface area contributed by atoms with Crippen LogP contribution in [0.5, 0.6) is 0 Å². The van der Waals surface area contributed by atoms with Gasteiger partial charge in [0, 0.05) is 13.1 Å². The Kier molecular flexibility index (Phi) is 4.70. The number of amides is 3. The number of rotatable bonds is 6. The van der Waals surface area contributed by atoms with Crippen molar-refractivity contribution in [1.82, 2.24) is 10.2 Å². The van der Waals surface area contributed by atoms with E-state index in [-0.39, 0.29) is 30.8 Å². The minimum atomic E-state index is -0.544. The van der Waals surface area contributed by atoms with Crippen LogP contribution in [0.4, 0.5) is 0 Å². The van der Waals surface area contributed by atoms with E-state index >= 15 is 0 Å². The van der Waals surface area contributed by atoms with Crippen molar-refractivity contribution >= 4 is 17.7 Å². The van der Waals surface area contributed by atoms with Crippen molar-refractivity contribution in [2.75, 3.05) is 13.1 Å². The van der Waals surface area contributed by atoms with Gasteiger partial charge in [-0.3, -0.25) is 19.3 Å². The fourth-order valence-corrected chi connectivity index (χ4v) is 2.31. The number of imide groups is 1. The third kappa shape index (κ3) is 3.11. The van der Waals surface area contributed by atoms with E-state index in [1.54, 1.807) is 24.3 Å². The summed E-state index contributed by atoms with van der Waals surface area (Å²) >= 11 is 0. The van der Waals surface area contributed by atoms with Crippen LogP contribution in [-0.4, -0.2) is 41.8 Å². The van der Waals surface area contributed by atoms with Gasteiger partial charge in [-0.1, -0.05) is 25.5 Å². The second kappa shape index (κ2) is 6.49. The molecule has 6 heteroatoms. The van der Waals surface area contributed by atoms with Crippen LogP contribution >= 0.6 is 0 Å². The summed E-state index contributed by atoms with van der Waals surface area (Å²) in [6.45, 7) is 2.31. The average molecular weight is 289 g/mol. The third-order valence-corrected chi connectivity index (χ3v) is 3.45. The van der Waals surface area contributed by atoms with Gasteiger partial charge in [0.05, 0.1) is 17.2 Å². The van der Waals surface area contributed by atoms with Crippen LogP contribution in [0.3, 0.4) is 0 Å². The molecule has 1 unspecified atom stereocenters. The summed E-state index contributed by atoms with van der Waals surface area (Å²) in [5, 5.41) is 2.65. The molecule has 1 aliphatic rings. The normalized spacial score (nSPS) is 15.0. The van der Waals surface area contributed by atoms with E-state index < -0.39 is 6.04 Å². The second-order valence-corrected chi connectivity index (χ2v) is 4.99. The predicted molar refractivity (Wildman–Crippen MR) is 77.7 cm³/mol. The molecule has 1 aromatic carbocycles. The zero-order chi connectivity index (χ0) is 15.4. The van der Waals surface area contributed by atoms with Crippen molar-refractivity contribution in [2.45, 2.75) is 25.8 Å². The highest BCUT2D eigenvalue weighted by atomic mass is 16.2. The maximum Gasteiger partial charge on any atom is 0.261 e. The molecule has 0 aromatic heterocycles. The maximum absolute atomic E-state index is 12.1. The van der Waals surface area contributed by atoms with Gasteiger partial charge in [0.1, 0.15) is 0 Å². The lowest BCUT2D eigenvalue weighted by molar-refractivity contribution is -0.122. The molecule has 1 atom stereocenters. The van der Waals surface area contributed by atoms with E-state index in [2.05, 4.69) is 5.32 Å². The Morgan fingerprint density at radius 3 is 2.33 bits per heavy atom. The topological polar surface area (TPSA) is 92.5 Å². The minimum absolute atomic E-state index is 0.150. The van der Waals surface area contributed by atoms with Crippen molar-refractivity contribution in [2.24, 2.45) is 5.73 Å². The Balaban J connectivity index is 1.90. The van der Waals surface area contributed by atoms with Crippen LogP contribution in [0.25, 0.3) is 0 Å². The Morgan fingerprint density at radius 2 is 1.81 bits per heavy atom. The summed E-state index contributed by atoms with van der Waals surface area (Å²) in [4.78, 5) is 37.0. The fraction of sp³-hybridized carbons (Fsp3) is 0.400. The molecule has 21 heavy (non-hydrogen) atoms. The Morgan fingerprint density at radius 1 is 1.24 bits per heavy atom. The maximum atomic E-state index is 12.1. The van der Waals surface area contributed by atoms with Gasteiger partial charge in [-0.05, 0) is 18.6 Å². The van der Waals surface area contributed by atoms with E-state index in [1.807, 2.05) is 6.92 Å². The van der Waals surface area contributed by atoms with Gasteiger partial charge in [0.25, 0.3) is 11.8 Å². The Hall–Kier alpha value is -2.21. The van der Waals surface area contributed by atoms with Gasteiger partial charge in [-0.15, -0.1) is 0 Å².